The number of benzene rings is 1. The van der Waals surface area contributed by atoms with Crippen molar-refractivity contribution in [3.63, 3.8) is 0 Å². The van der Waals surface area contributed by atoms with Crippen LogP contribution in [0.15, 0.2) is 52.2 Å². The topological polar surface area (TPSA) is 50.1 Å². The molecule has 2 aromatic rings. The lowest BCUT2D eigenvalue weighted by molar-refractivity contribution is -0.149. The van der Waals surface area contributed by atoms with Crippen molar-refractivity contribution in [2.24, 2.45) is 17.3 Å². The summed E-state index contributed by atoms with van der Waals surface area (Å²) in [5, 5.41) is 12.3. The third kappa shape index (κ3) is 4.88. The van der Waals surface area contributed by atoms with E-state index >= 15 is 0 Å². The zero-order valence-electron chi connectivity index (χ0n) is 16.2. The third-order valence-corrected chi connectivity index (χ3v) is 6.43. The minimum atomic E-state index is -4.66. The largest absolute Gasteiger partial charge is 0.442 e. The molecule has 0 amide bonds. The lowest BCUT2D eigenvalue weighted by Crippen LogP contribution is -2.15. The van der Waals surface area contributed by atoms with Gasteiger partial charge in [-0.25, -0.2) is 0 Å². The number of nitrogens with zero attached hydrogens (tertiary/aromatic N) is 1. The predicted octanol–water partition coefficient (Wildman–Crippen LogP) is 6.40. The van der Waals surface area contributed by atoms with Crippen LogP contribution < -0.4 is 0 Å². The maximum atomic E-state index is 12.7. The average Bonchev–Trinajstić information content (AvgIpc) is 2.99. The summed E-state index contributed by atoms with van der Waals surface area (Å²) < 4.78 is 43.5. The fourth-order valence-electron chi connectivity index (χ4n) is 3.54. The summed E-state index contributed by atoms with van der Waals surface area (Å²) in [6.07, 6.45) is -4.26. The second-order valence-corrected chi connectivity index (χ2v) is 9.02. The van der Waals surface area contributed by atoms with Gasteiger partial charge in [0, 0.05) is 5.56 Å². The van der Waals surface area contributed by atoms with Crippen molar-refractivity contribution in [2.75, 3.05) is 0 Å². The molecule has 3 rings (SSSR count). The summed E-state index contributed by atoms with van der Waals surface area (Å²) in [4.78, 5) is 12.6. The Labute approximate surface area is 181 Å². The Bertz CT molecular complexity index is 993. The molecule has 1 saturated carbocycles. The molecular weight excluding hydrogens is 435 g/mol. The summed E-state index contributed by atoms with van der Waals surface area (Å²) in [6.45, 7) is 3.34. The van der Waals surface area contributed by atoms with Crippen LogP contribution in [0.2, 0.25) is 0 Å². The van der Waals surface area contributed by atoms with Gasteiger partial charge in [-0.3, -0.25) is 4.79 Å². The molecule has 1 aromatic heterocycles. The van der Waals surface area contributed by atoms with Crippen LogP contribution in [0.3, 0.4) is 0 Å². The van der Waals surface area contributed by atoms with Gasteiger partial charge in [0.25, 0.3) is 0 Å². The molecule has 1 aromatic carbocycles. The summed E-state index contributed by atoms with van der Waals surface area (Å²) in [5.41, 5.74) is 1.89. The van der Waals surface area contributed by atoms with Gasteiger partial charge in [-0.15, -0.1) is 0 Å². The number of esters is 1. The Hall–Kier alpha value is -2.30. The van der Waals surface area contributed by atoms with Crippen LogP contribution in [-0.4, -0.2) is 12.1 Å². The Morgan fingerprint density at radius 2 is 2.10 bits per heavy atom. The fraction of sp³-hybridized carbons (Fsp3) is 0.364. The monoisotopic (exact) mass is 453 g/mol. The molecule has 1 aliphatic carbocycles. The van der Waals surface area contributed by atoms with E-state index in [0.717, 1.165) is 17.2 Å². The van der Waals surface area contributed by atoms with Crippen molar-refractivity contribution < 1.29 is 22.7 Å². The number of carbonyl (C=O) groups excluding carboxylic acids is 1. The van der Waals surface area contributed by atoms with Gasteiger partial charge in [-0.1, -0.05) is 55.8 Å². The molecule has 0 radical (unpaired) electrons. The molecule has 0 saturated heterocycles. The number of ether oxygens (including phenoxy) is 1. The van der Waals surface area contributed by atoms with E-state index in [1.54, 1.807) is 43.4 Å². The van der Waals surface area contributed by atoms with Gasteiger partial charge >= 0.3 is 12.1 Å². The van der Waals surface area contributed by atoms with Crippen molar-refractivity contribution in [1.29, 1.82) is 5.26 Å². The molecule has 3 unspecified atom stereocenters. The predicted molar refractivity (Wildman–Crippen MR) is 109 cm³/mol. The molecule has 1 fully saturated rings. The minimum absolute atomic E-state index is 0.525. The number of allylic oxidation sites excluding steroid dienone is 2. The van der Waals surface area contributed by atoms with E-state index in [2.05, 4.69) is 0 Å². The molecular formula is C22H19ClF3NO2S. The van der Waals surface area contributed by atoms with Crippen LogP contribution in [-0.2, 0) is 16.0 Å². The Balaban J connectivity index is 1.72. The number of rotatable bonds is 6. The summed E-state index contributed by atoms with van der Waals surface area (Å²) in [5.74, 6) is -2.20. The first-order chi connectivity index (χ1) is 14.0. The van der Waals surface area contributed by atoms with Crippen molar-refractivity contribution >= 4 is 28.9 Å². The number of hydrogen-bond donors (Lipinski definition) is 0. The molecule has 3 atom stereocenters. The number of halogens is 4. The Morgan fingerprint density at radius 1 is 1.37 bits per heavy atom. The van der Waals surface area contributed by atoms with Crippen LogP contribution in [0.5, 0.6) is 0 Å². The van der Waals surface area contributed by atoms with Crippen LogP contribution in [0.1, 0.15) is 36.6 Å². The van der Waals surface area contributed by atoms with Crippen molar-refractivity contribution in [3.05, 3.63) is 68.9 Å². The maximum absolute atomic E-state index is 12.7. The van der Waals surface area contributed by atoms with Gasteiger partial charge in [0.1, 0.15) is 11.1 Å². The van der Waals surface area contributed by atoms with Gasteiger partial charge in [-0.2, -0.15) is 29.8 Å². The highest BCUT2D eigenvalue weighted by Gasteiger charge is 2.62. The zero-order valence-corrected chi connectivity index (χ0v) is 17.8. The normalized spacial score (nSPS) is 21.6. The van der Waals surface area contributed by atoms with Gasteiger partial charge < -0.3 is 4.74 Å². The third-order valence-electron chi connectivity index (χ3n) is 5.35. The first-order valence-electron chi connectivity index (χ1n) is 9.18. The SMILES string of the molecule is CC1(C)C(C=C(Cl)C(F)(F)F)C1C(=O)OC(C#N)c1cccc(Cc2ccsc2)c1. The summed E-state index contributed by atoms with van der Waals surface area (Å²) in [7, 11) is 0. The Morgan fingerprint density at radius 3 is 2.70 bits per heavy atom. The average molecular weight is 454 g/mol. The van der Waals surface area contributed by atoms with E-state index in [1.807, 2.05) is 29.0 Å². The van der Waals surface area contributed by atoms with Crippen LogP contribution >= 0.6 is 22.9 Å². The lowest BCUT2D eigenvalue weighted by atomic mass is 10.0. The molecule has 1 aliphatic rings. The highest BCUT2D eigenvalue weighted by Crippen LogP contribution is 2.60. The number of alkyl halides is 3. The molecule has 0 N–H and O–H groups in total. The van der Waals surface area contributed by atoms with Crippen LogP contribution in [0, 0.1) is 28.6 Å². The second kappa shape index (κ2) is 8.44. The van der Waals surface area contributed by atoms with Gasteiger partial charge in [0.15, 0.2) is 0 Å². The summed E-state index contributed by atoms with van der Waals surface area (Å²) in [6, 6.07) is 11.2. The van der Waals surface area contributed by atoms with E-state index in [4.69, 9.17) is 16.3 Å². The van der Waals surface area contributed by atoms with Crippen molar-refractivity contribution in [3.8, 4) is 6.07 Å². The van der Waals surface area contributed by atoms with E-state index in [-0.39, 0.29) is 0 Å². The molecule has 158 valence electrons. The van der Waals surface area contributed by atoms with E-state index < -0.39 is 40.5 Å². The number of nitriles is 1. The molecule has 0 spiro atoms. The quantitative estimate of drug-likeness (QED) is 0.475. The van der Waals surface area contributed by atoms with Gasteiger partial charge in [0.05, 0.1) is 5.92 Å². The van der Waals surface area contributed by atoms with Crippen molar-refractivity contribution in [2.45, 2.75) is 32.5 Å². The first kappa shape index (κ1) is 22.4. The number of carbonyl (C=O) groups is 1. The zero-order chi connectivity index (χ0) is 22.1. The lowest BCUT2D eigenvalue weighted by Gasteiger charge is -2.13. The van der Waals surface area contributed by atoms with Crippen LogP contribution in [0.4, 0.5) is 13.2 Å². The molecule has 0 aliphatic heterocycles. The minimum Gasteiger partial charge on any atom is -0.442 e. The fourth-order valence-corrected chi connectivity index (χ4v) is 4.35. The molecule has 30 heavy (non-hydrogen) atoms. The van der Waals surface area contributed by atoms with E-state index in [1.165, 1.54) is 0 Å². The smallest absolute Gasteiger partial charge is 0.426 e. The molecule has 0 bridgehead atoms. The van der Waals surface area contributed by atoms with Gasteiger partial charge in [-0.05, 0) is 45.7 Å². The number of thiophene rings is 1. The van der Waals surface area contributed by atoms with Crippen molar-refractivity contribution in [1.82, 2.24) is 0 Å². The van der Waals surface area contributed by atoms with E-state index in [9.17, 15) is 23.2 Å². The Kier molecular flexibility index (Phi) is 6.30. The summed E-state index contributed by atoms with van der Waals surface area (Å²) >= 11 is 6.92. The maximum Gasteiger partial charge on any atom is 0.426 e. The van der Waals surface area contributed by atoms with E-state index in [0.29, 0.717) is 12.0 Å². The standard InChI is InChI=1S/C22H19ClF3NO2S/c1-21(2)16(10-18(23)22(24,25)26)19(21)20(28)29-17(11-27)15-5-3-4-13(9-15)8-14-6-7-30-12-14/h3-7,9-10,12,16-17,19H,8H2,1-2H3. The van der Waals surface area contributed by atoms with Gasteiger partial charge in [0.2, 0.25) is 6.10 Å². The highest BCUT2D eigenvalue weighted by atomic mass is 35.5. The first-order valence-corrected chi connectivity index (χ1v) is 10.5. The highest BCUT2D eigenvalue weighted by molar-refractivity contribution is 7.07. The number of hydrogen-bond acceptors (Lipinski definition) is 4. The molecule has 1 heterocycles. The van der Waals surface area contributed by atoms with Crippen LogP contribution in [0.25, 0.3) is 0 Å². The molecule has 8 heteroatoms. The molecule has 3 nitrogen and oxygen atoms in total. The second-order valence-electron chi connectivity index (χ2n) is 7.84.